The summed E-state index contributed by atoms with van der Waals surface area (Å²) in [5.41, 5.74) is 2.06. The molecule has 2 amide bonds. The monoisotopic (exact) mass is 509 g/mol. The summed E-state index contributed by atoms with van der Waals surface area (Å²) < 4.78 is 0. The van der Waals surface area contributed by atoms with Crippen molar-refractivity contribution in [2.45, 2.75) is 76.0 Å². The zero-order chi connectivity index (χ0) is 25.1. The van der Waals surface area contributed by atoms with Gasteiger partial charge in [-0.2, -0.15) is 0 Å². The van der Waals surface area contributed by atoms with Crippen LogP contribution < -0.4 is 10.6 Å². The summed E-state index contributed by atoms with van der Waals surface area (Å²) in [5, 5.41) is 9.30. The van der Waals surface area contributed by atoms with E-state index in [-0.39, 0.29) is 29.8 Å². The van der Waals surface area contributed by atoms with Crippen LogP contribution in [-0.2, 0) is 9.59 Å². The van der Waals surface area contributed by atoms with Crippen molar-refractivity contribution in [3.8, 4) is 11.3 Å². The van der Waals surface area contributed by atoms with Gasteiger partial charge in [-0.1, -0.05) is 49.6 Å². The van der Waals surface area contributed by atoms with Gasteiger partial charge in [0.05, 0.1) is 17.8 Å². The number of rotatable bonds is 7. The molecule has 1 aromatic carbocycles. The molecule has 194 valence electrons. The average Bonchev–Trinajstić information content (AvgIpc) is 3.60. The van der Waals surface area contributed by atoms with Crippen molar-refractivity contribution in [3.05, 3.63) is 40.7 Å². The summed E-state index contributed by atoms with van der Waals surface area (Å²) in [6, 6.07) is 9.74. The number of fused-ring (bicyclic) bond motifs is 1. The molecule has 1 aliphatic carbocycles. The molecule has 4 atom stereocenters. The summed E-state index contributed by atoms with van der Waals surface area (Å²) >= 11 is 1.65. The molecule has 7 nitrogen and oxygen atoms in total. The Bertz CT molecular complexity index is 1040. The topological polar surface area (TPSA) is 77.6 Å². The van der Waals surface area contributed by atoms with Gasteiger partial charge in [-0.05, 0) is 52.1 Å². The number of hydrogen-bond acceptors (Lipinski definition) is 6. The van der Waals surface area contributed by atoms with E-state index in [2.05, 4.69) is 37.9 Å². The maximum Gasteiger partial charge on any atom is 0.246 e. The molecule has 3 fully saturated rings. The fraction of sp³-hybridized carbons (Fsp3) is 0.607. The highest BCUT2D eigenvalue weighted by atomic mass is 32.1. The van der Waals surface area contributed by atoms with Crippen LogP contribution in [0.5, 0.6) is 0 Å². The number of piperazine rings is 1. The molecular weight excluding hydrogens is 470 g/mol. The normalized spacial score (nSPS) is 24.8. The number of hydrogen-bond donors (Lipinski definition) is 2. The van der Waals surface area contributed by atoms with Crippen LogP contribution in [0.3, 0.4) is 0 Å². The lowest BCUT2D eigenvalue weighted by atomic mass is 9.82. The number of carbonyl (C=O) groups is 2. The van der Waals surface area contributed by atoms with Gasteiger partial charge in [0.15, 0.2) is 0 Å². The van der Waals surface area contributed by atoms with Gasteiger partial charge < -0.3 is 15.5 Å². The number of nitrogens with zero attached hydrogens (tertiary/aromatic N) is 3. The number of aromatic nitrogens is 1. The van der Waals surface area contributed by atoms with Crippen molar-refractivity contribution in [1.82, 2.24) is 25.4 Å². The highest BCUT2D eigenvalue weighted by molar-refractivity contribution is 7.10. The van der Waals surface area contributed by atoms with E-state index in [1.54, 1.807) is 18.4 Å². The zero-order valence-electron chi connectivity index (χ0n) is 21.5. The van der Waals surface area contributed by atoms with Gasteiger partial charge in [-0.3, -0.25) is 14.5 Å². The summed E-state index contributed by atoms with van der Waals surface area (Å²) in [6.45, 7) is 4.46. The first-order valence-corrected chi connectivity index (χ1v) is 14.5. The lowest BCUT2D eigenvalue weighted by Gasteiger charge is -2.45. The van der Waals surface area contributed by atoms with E-state index < -0.39 is 6.04 Å². The van der Waals surface area contributed by atoms with E-state index in [9.17, 15) is 9.59 Å². The number of carbonyl (C=O) groups excluding carboxylic acids is 2. The Morgan fingerprint density at radius 3 is 2.58 bits per heavy atom. The minimum absolute atomic E-state index is 0.0755. The Labute approximate surface area is 218 Å². The predicted molar refractivity (Wildman–Crippen MR) is 144 cm³/mol. The Morgan fingerprint density at radius 1 is 1.06 bits per heavy atom. The van der Waals surface area contributed by atoms with Crippen LogP contribution in [0.2, 0.25) is 0 Å². The molecule has 0 radical (unpaired) electrons. The van der Waals surface area contributed by atoms with Crippen LogP contribution in [-0.4, -0.2) is 71.4 Å². The molecule has 5 rings (SSSR count). The molecule has 8 heteroatoms. The Hall–Kier alpha value is -2.29. The van der Waals surface area contributed by atoms with E-state index in [1.165, 1.54) is 12.8 Å². The molecule has 1 saturated carbocycles. The number of nitrogens with one attached hydrogen (secondary N) is 2. The quantitative estimate of drug-likeness (QED) is 0.593. The number of likely N-dealkylation sites (N-methyl/N-ethyl adjacent to an activating group) is 1. The molecule has 4 unspecified atom stereocenters. The van der Waals surface area contributed by atoms with Gasteiger partial charge in [0, 0.05) is 30.1 Å². The minimum Gasteiger partial charge on any atom is -0.343 e. The minimum atomic E-state index is -0.474. The summed E-state index contributed by atoms with van der Waals surface area (Å²) in [6.07, 6.45) is 7.75. The van der Waals surface area contributed by atoms with Crippen molar-refractivity contribution >= 4 is 23.2 Å². The molecule has 0 spiro atoms. The van der Waals surface area contributed by atoms with Gasteiger partial charge in [0.2, 0.25) is 11.8 Å². The fourth-order valence-electron chi connectivity index (χ4n) is 6.09. The van der Waals surface area contributed by atoms with Crippen LogP contribution >= 0.6 is 11.3 Å². The third-order valence-electron chi connectivity index (χ3n) is 8.36. The molecule has 36 heavy (non-hydrogen) atoms. The smallest absolute Gasteiger partial charge is 0.246 e. The maximum atomic E-state index is 14.3. The number of benzene rings is 1. The number of amides is 2. The lowest BCUT2D eigenvalue weighted by molar-refractivity contribution is -0.144. The van der Waals surface area contributed by atoms with Crippen LogP contribution in [0.1, 0.15) is 62.9 Å². The second-order valence-electron chi connectivity index (χ2n) is 10.6. The molecule has 2 aliphatic heterocycles. The van der Waals surface area contributed by atoms with Crippen LogP contribution in [0.15, 0.2) is 35.7 Å². The maximum absolute atomic E-state index is 14.3. The molecular formula is C28H39N5O2S. The van der Waals surface area contributed by atoms with Crippen molar-refractivity contribution in [1.29, 1.82) is 0 Å². The Balaban J connectivity index is 1.44. The SMILES string of the molecule is CNC(C)C(=O)NC(C(=O)N1CC2CCCN2CC1c1nc(-c2ccccc2)cs1)C1CCCCC1. The first kappa shape index (κ1) is 25.4. The first-order valence-electron chi connectivity index (χ1n) is 13.6. The highest BCUT2D eigenvalue weighted by Gasteiger charge is 2.44. The third kappa shape index (κ3) is 5.36. The van der Waals surface area contributed by atoms with Crippen molar-refractivity contribution < 1.29 is 9.59 Å². The molecule has 2 aromatic rings. The van der Waals surface area contributed by atoms with Gasteiger partial charge >= 0.3 is 0 Å². The van der Waals surface area contributed by atoms with Gasteiger partial charge in [-0.15, -0.1) is 11.3 Å². The molecule has 1 aromatic heterocycles. The van der Waals surface area contributed by atoms with Crippen LogP contribution in [0.4, 0.5) is 0 Å². The van der Waals surface area contributed by atoms with Crippen molar-refractivity contribution in [2.75, 3.05) is 26.7 Å². The van der Waals surface area contributed by atoms with E-state index >= 15 is 0 Å². The molecule has 3 aliphatic rings. The van der Waals surface area contributed by atoms with Gasteiger partial charge in [0.1, 0.15) is 11.0 Å². The second-order valence-corrected chi connectivity index (χ2v) is 11.5. The molecule has 3 heterocycles. The Morgan fingerprint density at radius 2 is 1.83 bits per heavy atom. The molecule has 0 bridgehead atoms. The highest BCUT2D eigenvalue weighted by Crippen LogP contribution is 2.37. The van der Waals surface area contributed by atoms with Crippen LogP contribution in [0.25, 0.3) is 11.3 Å². The fourth-order valence-corrected chi connectivity index (χ4v) is 7.02. The van der Waals surface area contributed by atoms with Crippen LogP contribution in [0, 0.1) is 5.92 Å². The number of thiazole rings is 1. The molecule has 2 N–H and O–H groups in total. The van der Waals surface area contributed by atoms with Crippen molar-refractivity contribution in [2.24, 2.45) is 5.92 Å². The summed E-state index contributed by atoms with van der Waals surface area (Å²) in [4.78, 5) is 36.9. The summed E-state index contributed by atoms with van der Waals surface area (Å²) in [7, 11) is 1.78. The molecule has 2 saturated heterocycles. The second kappa shape index (κ2) is 11.4. The summed E-state index contributed by atoms with van der Waals surface area (Å²) in [5.74, 6) is 0.169. The predicted octanol–water partition coefficient (Wildman–Crippen LogP) is 3.83. The van der Waals surface area contributed by atoms with E-state index in [0.29, 0.717) is 12.6 Å². The Kier molecular flexibility index (Phi) is 8.03. The van der Waals surface area contributed by atoms with E-state index in [4.69, 9.17) is 4.98 Å². The van der Waals surface area contributed by atoms with Gasteiger partial charge in [-0.25, -0.2) is 4.98 Å². The first-order chi connectivity index (χ1) is 17.5. The zero-order valence-corrected chi connectivity index (χ0v) is 22.3. The largest absolute Gasteiger partial charge is 0.343 e. The third-order valence-corrected chi connectivity index (χ3v) is 9.31. The standard InChI is InChI=1S/C28H39N5O2S/c1-19(29-2)26(34)31-25(21-12-7-4-8-13-21)28(35)33-16-22-14-9-15-32(22)17-24(33)27-30-23(18-36-27)20-10-5-3-6-11-20/h3,5-6,10-11,18-19,21-22,24-25,29H,4,7-9,12-17H2,1-2H3,(H,31,34). The van der Waals surface area contributed by atoms with Crippen molar-refractivity contribution in [3.63, 3.8) is 0 Å². The average molecular weight is 510 g/mol. The van der Waals surface area contributed by atoms with Gasteiger partial charge in [0.25, 0.3) is 0 Å². The lowest BCUT2D eigenvalue weighted by Crippen LogP contribution is -2.60. The van der Waals surface area contributed by atoms with E-state index in [0.717, 1.165) is 61.5 Å². The van der Waals surface area contributed by atoms with E-state index in [1.807, 2.05) is 25.1 Å².